The number of hydrogen-bond acceptors (Lipinski definition) is 3. The van der Waals surface area contributed by atoms with Crippen molar-refractivity contribution in [1.29, 1.82) is 0 Å². The van der Waals surface area contributed by atoms with Crippen molar-refractivity contribution in [3.63, 3.8) is 0 Å². The predicted molar refractivity (Wildman–Crippen MR) is 85.4 cm³/mol. The molecule has 0 unspecified atom stereocenters. The van der Waals surface area contributed by atoms with E-state index in [1.54, 1.807) is 0 Å². The maximum Gasteiger partial charge on any atom is 0.419 e. The predicted octanol–water partition coefficient (Wildman–Crippen LogP) is 4.46. The summed E-state index contributed by atoms with van der Waals surface area (Å²) in [5.41, 5.74) is 1.87. The van der Waals surface area contributed by atoms with E-state index in [9.17, 15) is 31.1 Å². The molecule has 0 heterocycles. The van der Waals surface area contributed by atoms with Crippen LogP contribution in [0.4, 0.5) is 37.7 Å². The Morgan fingerprint density at radius 1 is 1.07 bits per heavy atom. The third-order valence-corrected chi connectivity index (χ3v) is 3.74. The zero-order valence-corrected chi connectivity index (χ0v) is 13.6. The van der Waals surface area contributed by atoms with Gasteiger partial charge >= 0.3 is 12.1 Å². The Morgan fingerprint density at radius 3 is 2.30 bits per heavy atom. The Morgan fingerprint density at radius 2 is 1.74 bits per heavy atom. The quantitative estimate of drug-likeness (QED) is 0.635. The number of nitrogens with two attached hydrogens (primary N) is 1. The molecule has 0 bridgehead atoms. The first-order valence-corrected chi connectivity index (χ1v) is 7.64. The molecular weight excluding hydrogens is 378 g/mol. The Balaban J connectivity index is 2.59. The van der Waals surface area contributed by atoms with Gasteiger partial charge in [-0.25, -0.2) is 18.0 Å². The second kappa shape index (κ2) is 7.87. The van der Waals surface area contributed by atoms with E-state index in [0.29, 0.717) is 0 Å². The molecule has 0 aliphatic rings. The Labute approximate surface area is 149 Å². The first kappa shape index (κ1) is 20.6. The second-order valence-electron chi connectivity index (χ2n) is 5.59. The summed E-state index contributed by atoms with van der Waals surface area (Å²) in [5, 5.41) is 11.5. The van der Waals surface area contributed by atoms with Gasteiger partial charge in [-0.2, -0.15) is 13.2 Å². The van der Waals surface area contributed by atoms with E-state index in [2.05, 4.69) is 5.32 Å². The van der Waals surface area contributed by atoms with Crippen LogP contribution in [0.3, 0.4) is 0 Å². The van der Waals surface area contributed by atoms with Crippen molar-refractivity contribution in [3.05, 3.63) is 58.4 Å². The molecule has 0 aromatic heterocycles. The molecule has 2 aromatic carbocycles. The number of rotatable bonds is 6. The van der Waals surface area contributed by atoms with Gasteiger partial charge in [-0.15, -0.1) is 0 Å². The Kier molecular flexibility index (Phi) is 5.99. The van der Waals surface area contributed by atoms with Crippen LogP contribution in [0.1, 0.15) is 27.9 Å². The van der Waals surface area contributed by atoms with Gasteiger partial charge in [0, 0.05) is 11.3 Å². The highest BCUT2D eigenvalue weighted by Gasteiger charge is 2.35. The molecule has 4 nitrogen and oxygen atoms in total. The summed E-state index contributed by atoms with van der Waals surface area (Å²) < 4.78 is 80.0. The van der Waals surface area contributed by atoms with Crippen LogP contribution >= 0.6 is 0 Å². The number of halogens is 6. The lowest BCUT2D eigenvalue weighted by Gasteiger charge is -2.17. The van der Waals surface area contributed by atoms with Crippen molar-refractivity contribution in [2.45, 2.75) is 19.0 Å². The molecule has 0 amide bonds. The van der Waals surface area contributed by atoms with Gasteiger partial charge in [0.1, 0.15) is 5.82 Å². The number of anilines is 2. The van der Waals surface area contributed by atoms with E-state index in [-0.39, 0.29) is 42.8 Å². The van der Waals surface area contributed by atoms with Gasteiger partial charge in [-0.05, 0) is 43.7 Å². The summed E-state index contributed by atoms with van der Waals surface area (Å²) >= 11 is 0. The molecule has 0 saturated heterocycles. The lowest BCUT2D eigenvalue weighted by molar-refractivity contribution is -0.139. The van der Waals surface area contributed by atoms with Crippen molar-refractivity contribution < 1.29 is 36.2 Å². The molecule has 0 aliphatic heterocycles. The summed E-state index contributed by atoms with van der Waals surface area (Å²) in [6.45, 7) is 0.143. The largest absolute Gasteiger partial charge is 0.478 e. The highest BCUT2D eigenvalue weighted by Crippen LogP contribution is 2.36. The van der Waals surface area contributed by atoms with Crippen LogP contribution in [-0.2, 0) is 12.6 Å². The van der Waals surface area contributed by atoms with E-state index in [4.69, 9.17) is 10.8 Å². The monoisotopic (exact) mass is 392 g/mol. The van der Waals surface area contributed by atoms with E-state index in [1.165, 1.54) is 0 Å². The molecule has 2 aromatic rings. The highest BCUT2D eigenvalue weighted by molar-refractivity contribution is 5.95. The van der Waals surface area contributed by atoms with Gasteiger partial charge in [-0.1, -0.05) is 0 Å². The Bertz CT molecular complexity index is 867. The number of alkyl halides is 3. The standard InChI is InChI=1S/C17H14F6N2O2/c18-11-3-4-13(8(15(11)20)2-1-5-24)25-14-7-10(17(21,22)23)12(19)6-9(14)16(26)27/h3-4,6-7,25H,1-2,5,24H2,(H,26,27). The van der Waals surface area contributed by atoms with Crippen LogP contribution in [0.15, 0.2) is 24.3 Å². The molecule has 2 rings (SSSR count). The summed E-state index contributed by atoms with van der Waals surface area (Å²) in [6, 6.07) is 2.27. The van der Waals surface area contributed by atoms with Crippen LogP contribution in [0.5, 0.6) is 0 Å². The third kappa shape index (κ3) is 4.51. The second-order valence-corrected chi connectivity index (χ2v) is 5.59. The molecule has 0 saturated carbocycles. The fourth-order valence-electron chi connectivity index (χ4n) is 2.45. The van der Waals surface area contributed by atoms with Gasteiger partial charge in [-0.3, -0.25) is 0 Å². The Hall–Kier alpha value is -2.75. The lowest BCUT2D eigenvalue weighted by Crippen LogP contribution is -2.13. The molecule has 27 heavy (non-hydrogen) atoms. The van der Waals surface area contributed by atoms with Gasteiger partial charge in [0.15, 0.2) is 11.6 Å². The molecule has 4 N–H and O–H groups in total. The van der Waals surface area contributed by atoms with Crippen LogP contribution < -0.4 is 11.1 Å². The summed E-state index contributed by atoms with van der Waals surface area (Å²) in [5.74, 6) is -5.88. The maximum atomic E-state index is 14.1. The molecule has 0 radical (unpaired) electrons. The molecule has 0 fully saturated rings. The van der Waals surface area contributed by atoms with Crippen molar-refractivity contribution >= 4 is 17.3 Å². The van der Waals surface area contributed by atoms with Gasteiger partial charge < -0.3 is 16.2 Å². The normalized spacial score (nSPS) is 11.5. The van der Waals surface area contributed by atoms with E-state index >= 15 is 0 Å². The van der Waals surface area contributed by atoms with E-state index < -0.39 is 46.4 Å². The summed E-state index contributed by atoms with van der Waals surface area (Å²) in [7, 11) is 0. The highest BCUT2D eigenvalue weighted by atomic mass is 19.4. The van der Waals surface area contributed by atoms with Crippen molar-refractivity contribution in [2.75, 3.05) is 11.9 Å². The minimum Gasteiger partial charge on any atom is -0.478 e. The zero-order chi connectivity index (χ0) is 20.4. The fraction of sp³-hybridized carbons (Fsp3) is 0.235. The van der Waals surface area contributed by atoms with Crippen LogP contribution in [-0.4, -0.2) is 17.6 Å². The third-order valence-electron chi connectivity index (χ3n) is 3.74. The molecule has 0 spiro atoms. The number of carbonyl (C=O) groups is 1. The summed E-state index contributed by atoms with van der Waals surface area (Å²) in [6.07, 6.45) is -4.87. The molecule has 0 atom stereocenters. The van der Waals surface area contributed by atoms with Gasteiger partial charge in [0.05, 0.1) is 16.8 Å². The van der Waals surface area contributed by atoms with Crippen LogP contribution in [0, 0.1) is 17.5 Å². The topological polar surface area (TPSA) is 75.3 Å². The van der Waals surface area contributed by atoms with Crippen LogP contribution in [0.2, 0.25) is 0 Å². The van der Waals surface area contributed by atoms with Crippen molar-refractivity contribution in [2.24, 2.45) is 5.73 Å². The first-order valence-electron chi connectivity index (χ1n) is 7.64. The van der Waals surface area contributed by atoms with E-state index in [1.807, 2.05) is 0 Å². The zero-order valence-electron chi connectivity index (χ0n) is 13.6. The number of carboxylic acid groups (broad SMARTS) is 1. The number of aromatic carboxylic acids is 1. The SMILES string of the molecule is NCCCc1c(Nc2cc(C(F)(F)F)c(F)cc2C(=O)O)ccc(F)c1F. The van der Waals surface area contributed by atoms with Crippen LogP contribution in [0.25, 0.3) is 0 Å². The minimum absolute atomic E-state index is 0.0435. The average Bonchev–Trinajstić information content (AvgIpc) is 2.57. The number of benzene rings is 2. The molecule has 0 aliphatic carbocycles. The number of carboxylic acids is 1. The van der Waals surface area contributed by atoms with Gasteiger partial charge in [0.25, 0.3) is 0 Å². The van der Waals surface area contributed by atoms with Crippen molar-refractivity contribution in [1.82, 2.24) is 0 Å². The molecular formula is C17H14F6N2O2. The van der Waals surface area contributed by atoms with Crippen molar-refractivity contribution in [3.8, 4) is 0 Å². The van der Waals surface area contributed by atoms with E-state index in [0.717, 1.165) is 12.1 Å². The minimum atomic E-state index is -5.08. The maximum absolute atomic E-state index is 14.1. The average molecular weight is 392 g/mol. The molecule has 10 heteroatoms. The fourth-order valence-corrected chi connectivity index (χ4v) is 2.45. The van der Waals surface area contributed by atoms with Gasteiger partial charge in [0.2, 0.25) is 0 Å². The number of nitrogens with one attached hydrogen (secondary N) is 1. The summed E-state index contributed by atoms with van der Waals surface area (Å²) in [4.78, 5) is 11.3. The first-order chi connectivity index (χ1) is 12.6. The lowest BCUT2D eigenvalue weighted by atomic mass is 10.0. The molecule has 146 valence electrons. The smallest absolute Gasteiger partial charge is 0.419 e. The number of hydrogen-bond donors (Lipinski definition) is 3.